The zero-order valence-corrected chi connectivity index (χ0v) is 9.19. The normalized spacial score (nSPS) is 10.4. The molecule has 0 saturated carbocycles. The number of rotatable bonds is 2. The number of aromatic nitrogens is 3. The molecule has 0 aliphatic carbocycles. The first-order valence-electron chi connectivity index (χ1n) is 5.44. The third-order valence-electron chi connectivity index (χ3n) is 2.57. The van der Waals surface area contributed by atoms with E-state index in [1.54, 1.807) is 12.5 Å². The first-order chi connectivity index (χ1) is 8.43. The summed E-state index contributed by atoms with van der Waals surface area (Å²) in [6.45, 7) is 0. The van der Waals surface area contributed by atoms with E-state index < -0.39 is 0 Å². The zero-order chi connectivity index (χ0) is 11.5. The predicted molar refractivity (Wildman–Crippen MR) is 66.8 cm³/mol. The summed E-state index contributed by atoms with van der Waals surface area (Å²) in [7, 11) is 0. The lowest BCUT2D eigenvalue weighted by atomic mass is 10.2. The average Bonchev–Trinajstić information content (AvgIpc) is 2.90. The Morgan fingerprint density at radius 2 is 1.65 bits per heavy atom. The van der Waals surface area contributed by atoms with Crippen LogP contribution in [0.3, 0.4) is 0 Å². The minimum atomic E-state index is 0.877. The van der Waals surface area contributed by atoms with Crippen molar-refractivity contribution >= 4 is 0 Å². The van der Waals surface area contributed by atoms with E-state index in [2.05, 4.69) is 9.97 Å². The summed E-state index contributed by atoms with van der Waals surface area (Å²) in [4.78, 5) is 8.66. The molecule has 3 aromatic rings. The molecule has 3 heteroatoms. The van der Waals surface area contributed by atoms with Crippen LogP contribution < -0.4 is 0 Å². The molecular weight excluding hydrogens is 210 g/mol. The van der Waals surface area contributed by atoms with Crippen molar-refractivity contribution in [1.29, 1.82) is 0 Å². The Balaban J connectivity index is 1.99. The number of nitrogens with zero attached hydrogens (tertiary/aromatic N) is 3. The molecule has 3 nitrogen and oxygen atoms in total. The van der Waals surface area contributed by atoms with Gasteiger partial charge in [-0.05, 0) is 12.1 Å². The standard InChI is InChI=1S/C14H11N3/c1-2-6-12(7-3-1)13-10-17(11-16-13)14-8-4-5-9-15-14/h1-11H. The van der Waals surface area contributed by atoms with Crippen LogP contribution in [0.4, 0.5) is 0 Å². The quantitative estimate of drug-likeness (QED) is 0.666. The van der Waals surface area contributed by atoms with Crippen molar-refractivity contribution in [2.75, 3.05) is 0 Å². The Morgan fingerprint density at radius 3 is 2.41 bits per heavy atom. The highest BCUT2D eigenvalue weighted by atomic mass is 15.1. The molecule has 2 aromatic heterocycles. The van der Waals surface area contributed by atoms with Gasteiger partial charge in [0.2, 0.25) is 0 Å². The fourth-order valence-corrected chi connectivity index (χ4v) is 1.71. The maximum Gasteiger partial charge on any atom is 0.137 e. The van der Waals surface area contributed by atoms with Crippen molar-refractivity contribution in [1.82, 2.24) is 14.5 Å². The summed E-state index contributed by atoms with van der Waals surface area (Å²) >= 11 is 0. The van der Waals surface area contributed by atoms with E-state index >= 15 is 0 Å². The van der Waals surface area contributed by atoms with Crippen LogP contribution in [-0.4, -0.2) is 14.5 Å². The van der Waals surface area contributed by atoms with Gasteiger partial charge in [-0.25, -0.2) is 9.97 Å². The van der Waals surface area contributed by atoms with Gasteiger partial charge in [0.05, 0.1) is 5.69 Å². The van der Waals surface area contributed by atoms with Crippen molar-refractivity contribution in [3.63, 3.8) is 0 Å². The lowest BCUT2D eigenvalue weighted by Gasteiger charge is -1.98. The topological polar surface area (TPSA) is 30.7 Å². The number of pyridine rings is 1. The molecule has 0 N–H and O–H groups in total. The van der Waals surface area contributed by atoms with Gasteiger partial charge in [0.15, 0.2) is 0 Å². The molecule has 0 radical (unpaired) electrons. The van der Waals surface area contributed by atoms with Crippen LogP contribution in [0.1, 0.15) is 0 Å². The van der Waals surface area contributed by atoms with E-state index in [0.717, 1.165) is 17.1 Å². The summed E-state index contributed by atoms with van der Waals surface area (Å²) in [6.07, 6.45) is 5.54. The van der Waals surface area contributed by atoms with Crippen LogP contribution in [0.15, 0.2) is 67.3 Å². The molecule has 0 aliphatic rings. The molecule has 0 fully saturated rings. The summed E-state index contributed by atoms with van der Waals surface area (Å²) < 4.78 is 1.92. The van der Waals surface area contributed by atoms with Gasteiger partial charge < -0.3 is 0 Å². The van der Waals surface area contributed by atoms with Crippen molar-refractivity contribution in [2.45, 2.75) is 0 Å². The van der Waals surface area contributed by atoms with Crippen LogP contribution >= 0.6 is 0 Å². The Morgan fingerprint density at radius 1 is 0.824 bits per heavy atom. The first kappa shape index (κ1) is 9.78. The van der Waals surface area contributed by atoms with Gasteiger partial charge in [-0.15, -0.1) is 0 Å². The molecule has 0 atom stereocenters. The molecule has 82 valence electrons. The van der Waals surface area contributed by atoms with Crippen molar-refractivity contribution in [3.05, 3.63) is 67.3 Å². The molecule has 0 aliphatic heterocycles. The fourth-order valence-electron chi connectivity index (χ4n) is 1.71. The van der Waals surface area contributed by atoms with E-state index in [1.165, 1.54) is 0 Å². The SMILES string of the molecule is c1ccc(-c2cn(-c3ccccn3)cn2)cc1. The zero-order valence-electron chi connectivity index (χ0n) is 9.19. The van der Waals surface area contributed by atoms with Crippen molar-refractivity contribution < 1.29 is 0 Å². The van der Waals surface area contributed by atoms with Crippen molar-refractivity contribution in [2.24, 2.45) is 0 Å². The minimum absolute atomic E-state index is 0.877. The molecule has 0 bridgehead atoms. The maximum atomic E-state index is 4.39. The monoisotopic (exact) mass is 221 g/mol. The second-order valence-corrected chi connectivity index (χ2v) is 3.72. The Labute approximate surface area is 99.4 Å². The van der Waals surface area contributed by atoms with Gasteiger partial charge in [-0.3, -0.25) is 4.57 Å². The van der Waals surface area contributed by atoms with Crippen molar-refractivity contribution in [3.8, 4) is 17.1 Å². The smallest absolute Gasteiger partial charge is 0.137 e. The highest BCUT2D eigenvalue weighted by Gasteiger charge is 2.02. The van der Waals surface area contributed by atoms with E-state index in [9.17, 15) is 0 Å². The van der Waals surface area contributed by atoms with Gasteiger partial charge in [0.1, 0.15) is 12.1 Å². The Kier molecular flexibility index (Phi) is 2.43. The maximum absolute atomic E-state index is 4.39. The molecule has 0 amide bonds. The summed E-state index contributed by atoms with van der Waals surface area (Å²) in [6, 6.07) is 15.9. The molecule has 0 unspecified atom stereocenters. The molecule has 0 saturated heterocycles. The average molecular weight is 221 g/mol. The van der Waals surface area contributed by atoms with E-state index in [1.807, 2.05) is 59.3 Å². The van der Waals surface area contributed by atoms with Crippen LogP contribution in [0.2, 0.25) is 0 Å². The Hall–Kier alpha value is -2.42. The van der Waals surface area contributed by atoms with Crippen LogP contribution in [0.25, 0.3) is 17.1 Å². The third kappa shape index (κ3) is 1.95. The van der Waals surface area contributed by atoms with E-state index in [0.29, 0.717) is 0 Å². The summed E-state index contributed by atoms with van der Waals surface area (Å²) in [5, 5.41) is 0. The van der Waals surface area contributed by atoms with Crippen LogP contribution in [0, 0.1) is 0 Å². The van der Waals surface area contributed by atoms with Gasteiger partial charge in [-0.1, -0.05) is 36.4 Å². The molecule has 3 rings (SSSR count). The molecule has 0 spiro atoms. The second-order valence-electron chi connectivity index (χ2n) is 3.72. The minimum Gasteiger partial charge on any atom is -0.290 e. The number of hydrogen-bond acceptors (Lipinski definition) is 2. The number of imidazole rings is 1. The van der Waals surface area contributed by atoms with E-state index in [-0.39, 0.29) is 0 Å². The molecule has 1 aromatic carbocycles. The largest absolute Gasteiger partial charge is 0.290 e. The fraction of sp³-hybridized carbons (Fsp3) is 0. The van der Waals surface area contributed by atoms with E-state index in [4.69, 9.17) is 0 Å². The van der Waals surface area contributed by atoms with Gasteiger partial charge in [0.25, 0.3) is 0 Å². The first-order valence-corrected chi connectivity index (χ1v) is 5.44. The van der Waals surface area contributed by atoms with Crippen LogP contribution in [-0.2, 0) is 0 Å². The van der Waals surface area contributed by atoms with Gasteiger partial charge >= 0.3 is 0 Å². The lowest BCUT2D eigenvalue weighted by Crippen LogP contribution is -1.91. The van der Waals surface area contributed by atoms with Gasteiger partial charge in [0, 0.05) is 18.0 Å². The molecule has 2 heterocycles. The number of hydrogen-bond donors (Lipinski definition) is 0. The summed E-state index contributed by atoms with van der Waals surface area (Å²) in [5.41, 5.74) is 2.07. The molecular formula is C14H11N3. The lowest BCUT2D eigenvalue weighted by molar-refractivity contribution is 0.993. The number of benzene rings is 1. The predicted octanol–water partition coefficient (Wildman–Crippen LogP) is 2.93. The Bertz CT molecular complexity index is 546. The third-order valence-corrected chi connectivity index (χ3v) is 2.57. The second kappa shape index (κ2) is 4.22. The highest BCUT2D eigenvalue weighted by molar-refractivity contribution is 5.58. The van der Waals surface area contributed by atoms with Crippen LogP contribution in [0.5, 0.6) is 0 Å². The molecule has 17 heavy (non-hydrogen) atoms. The summed E-state index contributed by atoms with van der Waals surface area (Å²) in [5.74, 6) is 0.877. The van der Waals surface area contributed by atoms with Gasteiger partial charge in [-0.2, -0.15) is 0 Å². The highest BCUT2D eigenvalue weighted by Crippen LogP contribution is 2.17.